The van der Waals surface area contributed by atoms with Gasteiger partial charge < -0.3 is 14.2 Å². The Balaban J connectivity index is 2.04. The number of hydrogen-bond donors (Lipinski definition) is 1. The van der Waals surface area contributed by atoms with Crippen molar-refractivity contribution in [3.8, 4) is 17.2 Å². The molecule has 0 amide bonds. The lowest BCUT2D eigenvalue weighted by atomic mass is 10.0. The predicted octanol–water partition coefficient (Wildman–Crippen LogP) is 3.49. The summed E-state index contributed by atoms with van der Waals surface area (Å²) in [6.07, 6.45) is 0. The number of aryl methyl sites for hydroxylation is 1. The van der Waals surface area contributed by atoms with Gasteiger partial charge in [0, 0.05) is 6.54 Å². The Bertz CT molecular complexity index is 861. The molecule has 0 aliphatic rings. The minimum Gasteiger partial charge on any atom is -0.497 e. The molecule has 2 aromatic carbocycles. The van der Waals surface area contributed by atoms with Crippen molar-refractivity contribution in [2.24, 2.45) is 0 Å². The molecule has 0 unspecified atom stereocenters. The van der Waals surface area contributed by atoms with E-state index >= 15 is 0 Å². The summed E-state index contributed by atoms with van der Waals surface area (Å²) in [5.41, 5.74) is 1.50. The van der Waals surface area contributed by atoms with Gasteiger partial charge >= 0.3 is 0 Å². The number of nitrogens with one attached hydrogen (secondary N) is 1. The van der Waals surface area contributed by atoms with Gasteiger partial charge in [0.05, 0.1) is 19.1 Å². The summed E-state index contributed by atoms with van der Waals surface area (Å²) in [6, 6.07) is 10.6. The zero-order valence-corrected chi connectivity index (χ0v) is 17.2. The van der Waals surface area contributed by atoms with E-state index < -0.39 is 10.0 Å². The van der Waals surface area contributed by atoms with Crippen molar-refractivity contribution >= 4 is 10.0 Å². The van der Waals surface area contributed by atoms with Crippen LogP contribution in [0.2, 0.25) is 0 Å². The van der Waals surface area contributed by atoms with Crippen LogP contribution in [-0.4, -0.2) is 35.8 Å². The molecule has 0 atom stereocenters. The fourth-order valence-corrected chi connectivity index (χ4v) is 3.96. The summed E-state index contributed by atoms with van der Waals surface area (Å²) in [6.45, 7) is 6.14. The molecular weight excluding hydrogens is 366 g/mol. The van der Waals surface area contributed by atoms with Crippen molar-refractivity contribution in [1.82, 2.24) is 4.72 Å². The van der Waals surface area contributed by atoms with Crippen LogP contribution in [0.5, 0.6) is 17.2 Å². The SMILES string of the molecule is COc1ccc(OCCNS(=O)(=O)c2cc(C(C)C)c(OC)cc2C)cc1. The van der Waals surface area contributed by atoms with E-state index in [4.69, 9.17) is 14.2 Å². The maximum absolute atomic E-state index is 12.7. The van der Waals surface area contributed by atoms with Gasteiger partial charge in [-0.2, -0.15) is 0 Å². The minimum absolute atomic E-state index is 0.146. The maximum atomic E-state index is 12.7. The molecule has 6 nitrogen and oxygen atoms in total. The molecule has 0 fully saturated rings. The number of hydrogen-bond acceptors (Lipinski definition) is 5. The van der Waals surface area contributed by atoms with Gasteiger partial charge in [0.1, 0.15) is 23.9 Å². The second kappa shape index (κ2) is 9.10. The first-order valence-corrected chi connectivity index (χ1v) is 10.2. The average Bonchev–Trinajstić information content (AvgIpc) is 2.65. The van der Waals surface area contributed by atoms with Gasteiger partial charge in [-0.1, -0.05) is 13.8 Å². The van der Waals surface area contributed by atoms with E-state index in [2.05, 4.69) is 4.72 Å². The molecule has 0 saturated carbocycles. The van der Waals surface area contributed by atoms with E-state index in [1.165, 1.54) is 0 Å². The first-order valence-electron chi connectivity index (χ1n) is 8.73. The number of benzene rings is 2. The third-order valence-electron chi connectivity index (χ3n) is 4.16. The highest BCUT2D eigenvalue weighted by molar-refractivity contribution is 7.89. The summed E-state index contributed by atoms with van der Waals surface area (Å²) < 4.78 is 44.0. The summed E-state index contributed by atoms with van der Waals surface area (Å²) >= 11 is 0. The third kappa shape index (κ3) is 5.37. The summed E-state index contributed by atoms with van der Waals surface area (Å²) in [5, 5.41) is 0. The Morgan fingerprint density at radius 1 is 1.00 bits per heavy atom. The summed E-state index contributed by atoms with van der Waals surface area (Å²) in [5.74, 6) is 2.23. The van der Waals surface area contributed by atoms with E-state index in [1.807, 2.05) is 13.8 Å². The molecule has 2 aromatic rings. The van der Waals surface area contributed by atoms with Crippen LogP contribution >= 0.6 is 0 Å². The largest absolute Gasteiger partial charge is 0.497 e. The first kappa shape index (κ1) is 21.1. The van der Waals surface area contributed by atoms with Crippen molar-refractivity contribution in [3.05, 3.63) is 47.5 Å². The van der Waals surface area contributed by atoms with Crippen LogP contribution in [-0.2, 0) is 10.0 Å². The van der Waals surface area contributed by atoms with Gasteiger partial charge in [0.15, 0.2) is 0 Å². The molecule has 0 radical (unpaired) electrons. The summed E-state index contributed by atoms with van der Waals surface area (Å²) in [4.78, 5) is 0.261. The van der Waals surface area contributed by atoms with Gasteiger partial charge in [-0.3, -0.25) is 0 Å². The molecule has 0 spiro atoms. The van der Waals surface area contributed by atoms with E-state index in [1.54, 1.807) is 57.5 Å². The Hall–Kier alpha value is -2.25. The normalized spacial score (nSPS) is 11.5. The quantitative estimate of drug-likeness (QED) is 0.660. The van der Waals surface area contributed by atoms with Gasteiger partial charge in [0.2, 0.25) is 10.0 Å². The minimum atomic E-state index is -3.64. The average molecular weight is 394 g/mol. The van der Waals surface area contributed by atoms with Crippen LogP contribution < -0.4 is 18.9 Å². The monoisotopic (exact) mass is 393 g/mol. The molecule has 0 aromatic heterocycles. The number of ether oxygens (including phenoxy) is 3. The van der Waals surface area contributed by atoms with Crippen LogP contribution in [0.1, 0.15) is 30.9 Å². The molecule has 0 aliphatic heterocycles. The van der Waals surface area contributed by atoms with Crippen LogP contribution in [0.15, 0.2) is 41.3 Å². The Kier molecular flexibility index (Phi) is 7.10. The van der Waals surface area contributed by atoms with E-state index in [9.17, 15) is 8.42 Å². The number of sulfonamides is 1. The molecule has 0 saturated heterocycles. The van der Waals surface area contributed by atoms with Crippen molar-refractivity contribution < 1.29 is 22.6 Å². The van der Waals surface area contributed by atoms with Gasteiger partial charge in [-0.15, -0.1) is 0 Å². The van der Waals surface area contributed by atoms with E-state index in [0.717, 1.165) is 11.3 Å². The van der Waals surface area contributed by atoms with E-state index in [-0.39, 0.29) is 24.0 Å². The van der Waals surface area contributed by atoms with Crippen LogP contribution in [0.25, 0.3) is 0 Å². The predicted molar refractivity (Wildman–Crippen MR) is 105 cm³/mol. The zero-order chi connectivity index (χ0) is 20.0. The van der Waals surface area contributed by atoms with Crippen molar-refractivity contribution in [3.63, 3.8) is 0 Å². The highest BCUT2D eigenvalue weighted by Gasteiger charge is 2.20. The van der Waals surface area contributed by atoms with Crippen molar-refractivity contribution in [2.75, 3.05) is 27.4 Å². The zero-order valence-electron chi connectivity index (χ0n) is 16.4. The Morgan fingerprint density at radius 2 is 1.63 bits per heavy atom. The lowest BCUT2D eigenvalue weighted by Crippen LogP contribution is -2.29. The smallest absolute Gasteiger partial charge is 0.240 e. The molecule has 148 valence electrons. The number of rotatable bonds is 9. The Labute approximate surface area is 161 Å². The molecule has 7 heteroatoms. The molecule has 0 bridgehead atoms. The van der Waals surface area contributed by atoms with Gasteiger partial charge in [-0.25, -0.2) is 13.1 Å². The number of methoxy groups -OCH3 is 2. The molecule has 2 rings (SSSR count). The van der Waals surface area contributed by atoms with Crippen molar-refractivity contribution in [2.45, 2.75) is 31.6 Å². The van der Waals surface area contributed by atoms with Crippen molar-refractivity contribution in [1.29, 1.82) is 0 Å². The lowest BCUT2D eigenvalue weighted by molar-refractivity contribution is 0.322. The fourth-order valence-electron chi connectivity index (χ4n) is 2.69. The molecule has 27 heavy (non-hydrogen) atoms. The summed E-state index contributed by atoms with van der Waals surface area (Å²) in [7, 11) is -0.462. The maximum Gasteiger partial charge on any atom is 0.240 e. The fraction of sp³-hybridized carbons (Fsp3) is 0.400. The van der Waals surface area contributed by atoms with E-state index in [0.29, 0.717) is 17.1 Å². The molecule has 0 aliphatic carbocycles. The first-order chi connectivity index (χ1) is 12.8. The van der Waals surface area contributed by atoms with Gasteiger partial charge in [0.25, 0.3) is 0 Å². The highest BCUT2D eigenvalue weighted by Crippen LogP contribution is 2.31. The van der Waals surface area contributed by atoms with Crippen LogP contribution in [0.3, 0.4) is 0 Å². The molecular formula is C20H27NO5S. The standard InChI is InChI=1S/C20H27NO5S/c1-14(2)18-13-20(15(3)12-19(18)25-5)27(22,23)21-10-11-26-17-8-6-16(24-4)7-9-17/h6-9,12-14,21H,10-11H2,1-5H3. The topological polar surface area (TPSA) is 73.9 Å². The Morgan fingerprint density at radius 3 is 2.19 bits per heavy atom. The lowest BCUT2D eigenvalue weighted by Gasteiger charge is -2.16. The third-order valence-corrected chi connectivity index (χ3v) is 5.76. The highest BCUT2D eigenvalue weighted by atomic mass is 32.2. The second-order valence-electron chi connectivity index (χ2n) is 6.44. The van der Waals surface area contributed by atoms with Crippen LogP contribution in [0.4, 0.5) is 0 Å². The van der Waals surface area contributed by atoms with Crippen LogP contribution in [0, 0.1) is 6.92 Å². The van der Waals surface area contributed by atoms with Gasteiger partial charge in [-0.05, 0) is 60.4 Å². The molecule has 0 heterocycles. The molecule has 1 N–H and O–H groups in total. The second-order valence-corrected chi connectivity index (χ2v) is 8.17.